The van der Waals surface area contributed by atoms with E-state index in [0.29, 0.717) is 17.0 Å². The number of halogens is 1. The minimum absolute atomic E-state index is 0.181. The normalized spacial score (nSPS) is 17.8. The largest absolute Gasteiger partial charge is 0.440 e. The van der Waals surface area contributed by atoms with Crippen LogP contribution < -0.4 is 5.32 Å². The van der Waals surface area contributed by atoms with Crippen LogP contribution in [0.2, 0.25) is 0 Å². The predicted molar refractivity (Wildman–Crippen MR) is 75.3 cm³/mol. The smallest absolute Gasteiger partial charge is 0.200 e. The van der Waals surface area contributed by atoms with Gasteiger partial charge in [-0.25, -0.2) is 9.37 Å². The van der Waals surface area contributed by atoms with Gasteiger partial charge in [-0.15, -0.1) is 0 Å². The molecular formula is C16H13FN2O. The van der Waals surface area contributed by atoms with Crippen LogP contribution >= 0.6 is 0 Å². The highest BCUT2D eigenvalue weighted by atomic mass is 19.1. The Labute approximate surface area is 115 Å². The van der Waals surface area contributed by atoms with Gasteiger partial charge >= 0.3 is 0 Å². The van der Waals surface area contributed by atoms with Crippen molar-refractivity contribution in [2.45, 2.75) is 12.3 Å². The van der Waals surface area contributed by atoms with Gasteiger partial charge in [0.25, 0.3) is 0 Å². The number of rotatable bonds is 1. The van der Waals surface area contributed by atoms with Crippen LogP contribution in [0.5, 0.6) is 0 Å². The van der Waals surface area contributed by atoms with Gasteiger partial charge < -0.3 is 9.73 Å². The number of nitrogens with one attached hydrogen (secondary N) is 1. The van der Waals surface area contributed by atoms with E-state index in [1.54, 1.807) is 6.07 Å². The van der Waals surface area contributed by atoms with Crippen molar-refractivity contribution in [1.29, 1.82) is 0 Å². The van der Waals surface area contributed by atoms with Crippen molar-refractivity contribution >= 4 is 16.8 Å². The van der Waals surface area contributed by atoms with Gasteiger partial charge in [-0.1, -0.05) is 18.2 Å². The minimum atomic E-state index is -0.288. The third-order valence-corrected chi connectivity index (χ3v) is 3.74. The fourth-order valence-electron chi connectivity index (χ4n) is 2.71. The first-order chi connectivity index (χ1) is 9.79. The summed E-state index contributed by atoms with van der Waals surface area (Å²) >= 11 is 0. The van der Waals surface area contributed by atoms with Crippen molar-refractivity contribution in [1.82, 2.24) is 4.98 Å². The monoisotopic (exact) mass is 268 g/mol. The van der Waals surface area contributed by atoms with E-state index in [1.807, 2.05) is 12.1 Å². The van der Waals surface area contributed by atoms with Crippen molar-refractivity contribution in [3.05, 3.63) is 59.7 Å². The molecule has 0 aliphatic carbocycles. The molecule has 1 atom stereocenters. The van der Waals surface area contributed by atoms with Crippen molar-refractivity contribution in [3.8, 4) is 0 Å². The first kappa shape index (κ1) is 11.5. The van der Waals surface area contributed by atoms with Gasteiger partial charge in [0.1, 0.15) is 11.3 Å². The van der Waals surface area contributed by atoms with Crippen molar-refractivity contribution < 1.29 is 8.81 Å². The highest BCUT2D eigenvalue weighted by Gasteiger charge is 2.23. The van der Waals surface area contributed by atoms with E-state index in [1.165, 1.54) is 23.4 Å². The molecule has 1 unspecified atom stereocenters. The van der Waals surface area contributed by atoms with Gasteiger partial charge in [0.05, 0.1) is 5.92 Å². The van der Waals surface area contributed by atoms with Crippen LogP contribution in [0.4, 0.5) is 10.1 Å². The molecule has 0 amide bonds. The summed E-state index contributed by atoms with van der Waals surface area (Å²) in [6.07, 6.45) is 0.887. The molecule has 0 saturated heterocycles. The number of fused-ring (bicyclic) bond motifs is 2. The Bertz CT molecular complexity index is 781. The first-order valence-electron chi connectivity index (χ1n) is 6.67. The summed E-state index contributed by atoms with van der Waals surface area (Å²) < 4.78 is 19.0. The van der Waals surface area contributed by atoms with E-state index in [-0.39, 0.29) is 11.7 Å². The fraction of sp³-hybridized carbons (Fsp3) is 0.188. The molecule has 20 heavy (non-hydrogen) atoms. The molecule has 0 bridgehead atoms. The third-order valence-electron chi connectivity index (χ3n) is 3.74. The van der Waals surface area contributed by atoms with Crippen LogP contribution in [0.15, 0.2) is 46.9 Å². The summed E-state index contributed by atoms with van der Waals surface area (Å²) in [5.74, 6) is 0.567. The maximum Gasteiger partial charge on any atom is 0.200 e. The summed E-state index contributed by atoms with van der Waals surface area (Å²) in [6.45, 7) is 0.784. The summed E-state index contributed by atoms with van der Waals surface area (Å²) in [5.41, 5.74) is 3.65. The molecule has 0 fully saturated rings. The summed E-state index contributed by atoms with van der Waals surface area (Å²) in [4.78, 5) is 4.42. The number of aromatic nitrogens is 1. The molecule has 2 aromatic carbocycles. The number of anilines is 1. The molecule has 1 N–H and O–H groups in total. The second-order valence-corrected chi connectivity index (χ2v) is 5.10. The summed E-state index contributed by atoms with van der Waals surface area (Å²) in [7, 11) is 0. The predicted octanol–water partition coefficient (Wildman–Crippen LogP) is 3.72. The van der Waals surface area contributed by atoms with E-state index in [0.717, 1.165) is 13.0 Å². The van der Waals surface area contributed by atoms with E-state index < -0.39 is 0 Å². The average Bonchev–Trinajstić information content (AvgIpc) is 2.89. The lowest BCUT2D eigenvalue weighted by Gasteiger charge is -2.23. The van der Waals surface area contributed by atoms with Crippen LogP contribution in [0.25, 0.3) is 11.1 Å². The topological polar surface area (TPSA) is 38.1 Å². The molecule has 1 aliphatic heterocycles. The van der Waals surface area contributed by atoms with Crippen LogP contribution in [-0.4, -0.2) is 11.5 Å². The number of para-hydroxylation sites is 1. The zero-order chi connectivity index (χ0) is 13.5. The number of hydrogen-bond acceptors (Lipinski definition) is 3. The molecule has 4 rings (SSSR count). The van der Waals surface area contributed by atoms with E-state index in [2.05, 4.69) is 22.4 Å². The van der Waals surface area contributed by atoms with Gasteiger partial charge in [0.15, 0.2) is 5.58 Å². The highest BCUT2D eigenvalue weighted by Crippen LogP contribution is 2.31. The summed E-state index contributed by atoms with van der Waals surface area (Å²) in [6, 6.07) is 12.7. The zero-order valence-electron chi connectivity index (χ0n) is 10.8. The highest BCUT2D eigenvalue weighted by molar-refractivity contribution is 5.72. The van der Waals surface area contributed by atoms with Crippen molar-refractivity contribution in [3.63, 3.8) is 0 Å². The standard InChI is InChI=1S/C16H13FN2O/c17-12-5-6-15-14(8-12)19-16(20-15)11-7-10-3-1-2-4-13(10)18-9-11/h1-6,8,11,18H,7,9H2. The second kappa shape index (κ2) is 4.34. The van der Waals surface area contributed by atoms with Crippen LogP contribution in [0.3, 0.4) is 0 Å². The maximum absolute atomic E-state index is 13.2. The molecule has 1 aromatic heterocycles. The van der Waals surface area contributed by atoms with Gasteiger partial charge in [0.2, 0.25) is 5.89 Å². The first-order valence-corrected chi connectivity index (χ1v) is 6.67. The van der Waals surface area contributed by atoms with Crippen LogP contribution in [0, 0.1) is 5.82 Å². The maximum atomic E-state index is 13.2. The lowest BCUT2D eigenvalue weighted by atomic mass is 9.94. The molecule has 100 valence electrons. The van der Waals surface area contributed by atoms with E-state index in [9.17, 15) is 4.39 Å². The van der Waals surface area contributed by atoms with Crippen molar-refractivity contribution in [2.75, 3.05) is 11.9 Å². The number of benzene rings is 2. The summed E-state index contributed by atoms with van der Waals surface area (Å²) in [5, 5.41) is 3.39. The SMILES string of the molecule is Fc1ccc2oc(C3CNc4ccccc4C3)nc2c1. The van der Waals surface area contributed by atoms with E-state index >= 15 is 0 Å². The van der Waals surface area contributed by atoms with Gasteiger partial charge in [-0.3, -0.25) is 0 Å². The molecule has 3 aromatic rings. The third kappa shape index (κ3) is 1.84. The lowest BCUT2D eigenvalue weighted by Crippen LogP contribution is -2.21. The number of oxazole rings is 1. The molecule has 4 heteroatoms. The zero-order valence-corrected chi connectivity index (χ0v) is 10.8. The van der Waals surface area contributed by atoms with Gasteiger partial charge in [-0.2, -0.15) is 0 Å². The Balaban J connectivity index is 1.70. The molecule has 0 radical (unpaired) electrons. The Kier molecular flexibility index (Phi) is 2.49. The quantitative estimate of drug-likeness (QED) is 0.731. The molecule has 2 heterocycles. The van der Waals surface area contributed by atoms with Crippen molar-refractivity contribution in [2.24, 2.45) is 0 Å². The number of hydrogen-bond donors (Lipinski definition) is 1. The van der Waals surface area contributed by atoms with Crippen LogP contribution in [0.1, 0.15) is 17.4 Å². The van der Waals surface area contributed by atoms with E-state index in [4.69, 9.17) is 4.42 Å². The molecule has 1 aliphatic rings. The van der Waals surface area contributed by atoms with Gasteiger partial charge in [0, 0.05) is 18.3 Å². The Morgan fingerprint density at radius 3 is 3.05 bits per heavy atom. The molecule has 3 nitrogen and oxygen atoms in total. The van der Waals surface area contributed by atoms with Gasteiger partial charge in [-0.05, 0) is 30.2 Å². The number of nitrogens with zero attached hydrogens (tertiary/aromatic N) is 1. The lowest BCUT2D eigenvalue weighted by molar-refractivity contribution is 0.471. The Morgan fingerprint density at radius 1 is 1.20 bits per heavy atom. The second-order valence-electron chi connectivity index (χ2n) is 5.10. The van der Waals surface area contributed by atoms with Crippen LogP contribution in [-0.2, 0) is 6.42 Å². The Morgan fingerprint density at radius 2 is 2.10 bits per heavy atom. The fourth-order valence-corrected chi connectivity index (χ4v) is 2.71. The Hall–Kier alpha value is -2.36. The molecule has 0 spiro atoms. The molecular weight excluding hydrogens is 255 g/mol. The minimum Gasteiger partial charge on any atom is -0.440 e. The average molecular weight is 268 g/mol. The molecule has 0 saturated carbocycles.